The Hall–Kier alpha value is 0.679. The molecule has 0 amide bonds. The summed E-state index contributed by atoms with van der Waals surface area (Å²) >= 11 is -2.13. The van der Waals surface area contributed by atoms with Gasteiger partial charge in [-0.2, -0.15) is 0 Å². The van der Waals surface area contributed by atoms with Gasteiger partial charge in [0.2, 0.25) is 0 Å². The number of unbranched alkanes of at least 4 members (excludes halogenated alkanes) is 3. The number of hydrogen-bond donors (Lipinski definition) is 0. The molecular weight excluding hydrogens is 395 g/mol. The van der Waals surface area contributed by atoms with Gasteiger partial charge in [0.1, 0.15) is 0 Å². The standard InChI is InChI=1S/C7H13O3.3C4H9.Sn/c1-7(2)9-5-6(10-7)4-8-3;3*1-3-4-2;/h6H,3-5H2,1-2H3;3*1,3-4H2,2H3;. The molecule has 1 aliphatic rings. The number of hydrogen-bond acceptors (Lipinski definition) is 3. The Morgan fingerprint density at radius 2 is 1.48 bits per heavy atom. The molecule has 1 atom stereocenters. The molecule has 1 unspecified atom stereocenters. The van der Waals surface area contributed by atoms with Crippen molar-refractivity contribution in [2.45, 2.75) is 98.3 Å². The molecule has 1 fully saturated rings. The topological polar surface area (TPSA) is 27.7 Å². The van der Waals surface area contributed by atoms with Crippen LogP contribution in [0, 0.1) is 0 Å². The maximum atomic E-state index is 6.26. The van der Waals surface area contributed by atoms with Crippen molar-refractivity contribution in [1.82, 2.24) is 0 Å². The second kappa shape index (κ2) is 11.3. The molecule has 1 saturated heterocycles. The molecular formula is C19H40O3Sn. The minimum atomic E-state index is -2.13. The van der Waals surface area contributed by atoms with Crippen LogP contribution in [0.15, 0.2) is 0 Å². The van der Waals surface area contributed by atoms with Crippen molar-refractivity contribution in [3.8, 4) is 0 Å². The molecule has 23 heavy (non-hydrogen) atoms. The van der Waals surface area contributed by atoms with E-state index in [-0.39, 0.29) is 6.10 Å². The summed E-state index contributed by atoms with van der Waals surface area (Å²) in [5.74, 6) is -0.430. The second-order valence-electron chi connectivity index (χ2n) is 7.78. The van der Waals surface area contributed by atoms with Crippen molar-refractivity contribution in [2.24, 2.45) is 0 Å². The molecule has 0 aromatic carbocycles. The van der Waals surface area contributed by atoms with Gasteiger partial charge in [0.25, 0.3) is 0 Å². The minimum absolute atomic E-state index is 0.123. The third kappa shape index (κ3) is 8.55. The molecule has 1 aliphatic heterocycles. The van der Waals surface area contributed by atoms with Crippen LogP contribution in [0.3, 0.4) is 0 Å². The van der Waals surface area contributed by atoms with Gasteiger partial charge in [0.15, 0.2) is 0 Å². The fourth-order valence-corrected chi connectivity index (χ4v) is 17.9. The van der Waals surface area contributed by atoms with Crippen LogP contribution in [0.25, 0.3) is 0 Å². The van der Waals surface area contributed by atoms with Gasteiger partial charge in [-0.3, -0.25) is 0 Å². The van der Waals surface area contributed by atoms with Crippen LogP contribution in [0.5, 0.6) is 0 Å². The van der Waals surface area contributed by atoms with Gasteiger partial charge in [-0.25, -0.2) is 0 Å². The molecule has 0 aromatic heterocycles. The molecule has 3 nitrogen and oxygen atoms in total. The third-order valence-electron chi connectivity index (χ3n) is 4.96. The van der Waals surface area contributed by atoms with E-state index in [4.69, 9.17) is 14.2 Å². The van der Waals surface area contributed by atoms with E-state index < -0.39 is 24.2 Å². The summed E-state index contributed by atoms with van der Waals surface area (Å²) < 4.78 is 23.4. The van der Waals surface area contributed by atoms with Gasteiger partial charge in [-0.15, -0.1) is 0 Å². The Balaban J connectivity index is 2.51. The van der Waals surface area contributed by atoms with Gasteiger partial charge in [0, 0.05) is 0 Å². The van der Waals surface area contributed by atoms with E-state index in [1.807, 2.05) is 13.8 Å². The Kier molecular flexibility index (Phi) is 10.7. The average molecular weight is 435 g/mol. The van der Waals surface area contributed by atoms with Gasteiger partial charge >= 0.3 is 149 Å². The SMILES string of the molecule is CCC[CH2][Sn]([CH2]CCC)([CH2]CCC)[CH2]OCC1COC(C)(C)O1. The van der Waals surface area contributed by atoms with E-state index in [9.17, 15) is 0 Å². The zero-order valence-electron chi connectivity index (χ0n) is 16.3. The monoisotopic (exact) mass is 436 g/mol. The molecule has 0 aromatic rings. The van der Waals surface area contributed by atoms with Crippen LogP contribution >= 0.6 is 0 Å². The van der Waals surface area contributed by atoms with Crippen molar-refractivity contribution in [2.75, 3.05) is 17.8 Å². The van der Waals surface area contributed by atoms with E-state index in [0.717, 1.165) is 4.62 Å². The molecule has 0 spiro atoms. The molecule has 4 heteroatoms. The van der Waals surface area contributed by atoms with E-state index >= 15 is 0 Å². The Bertz CT molecular complexity index is 285. The first-order chi connectivity index (χ1) is 11.0. The normalized spacial score (nSPS) is 21.0. The number of rotatable bonds is 13. The molecule has 138 valence electrons. The summed E-state index contributed by atoms with van der Waals surface area (Å²) in [6, 6.07) is 0. The van der Waals surface area contributed by atoms with E-state index in [2.05, 4.69) is 20.8 Å². The Morgan fingerprint density at radius 3 is 1.87 bits per heavy atom. The fourth-order valence-electron chi connectivity index (χ4n) is 3.50. The molecule has 1 rings (SSSR count). The molecule has 0 radical (unpaired) electrons. The van der Waals surface area contributed by atoms with Crippen molar-refractivity contribution >= 4 is 18.4 Å². The predicted molar refractivity (Wildman–Crippen MR) is 101 cm³/mol. The molecule has 0 saturated carbocycles. The maximum absolute atomic E-state index is 6.26. The summed E-state index contributed by atoms with van der Waals surface area (Å²) in [6.45, 7) is 12.3. The molecule has 0 N–H and O–H groups in total. The van der Waals surface area contributed by atoms with Crippen LogP contribution in [0.2, 0.25) is 13.3 Å². The zero-order valence-corrected chi connectivity index (χ0v) is 19.1. The van der Waals surface area contributed by atoms with Crippen LogP contribution in [-0.4, -0.2) is 48.1 Å². The first kappa shape index (κ1) is 21.7. The molecule has 0 bridgehead atoms. The van der Waals surface area contributed by atoms with Crippen molar-refractivity contribution in [1.29, 1.82) is 0 Å². The Labute approximate surface area is 148 Å². The van der Waals surface area contributed by atoms with E-state index in [0.29, 0.717) is 13.2 Å². The quantitative estimate of drug-likeness (QED) is 0.356. The first-order valence-corrected chi connectivity index (χ1v) is 17.9. The van der Waals surface area contributed by atoms with E-state index in [1.165, 1.54) is 51.8 Å². The van der Waals surface area contributed by atoms with Gasteiger partial charge < -0.3 is 0 Å². The summed E-state index contributed by atoms with van der Waals surface area (Å²) in [5, 5.41) is 0. The van der Waals surface area contributed by atoms with E-state index in [1.54, 1.807) is 0 Å². The van der Waals surface area contributed by atoms with Gasteiger partial charge in [-0.1, -0.05) is 0 Å². The van der Waals surface area contributed by atoms with Crippen molar-refractivity contribution in [3.63, 3.8) is 0 Å². The van der Waals surface area contributed by atoms with Crippen LogP contribution < -0.4 is 0 Å². The van der Waals surface area contributed by atoms with Crippen molar-refractivity contribution < 1.29 is 14.2 Å². The summed E-state index contributed by atoms with van der Waals surface area (Å²) in [5.41, 5.74) is 0. The van der Waals surface area contributed by atoms with Crippen LogP contribution in [0.4, 0.5) is 0 Å². The molecule has 1 heterocycles. The molecule has 0 aliphatic carbocycles. The third-order valence-corrected chi connectivity index (χ3v) is 19.4. The second-order valence-corrected chi connectivity index (χ2v) is 21.4. The van der Waals surface area contributed by atoms with Crippen molar-refractivity contribution in [3.05, 3.63) is 0 Å². The Morgan fingerprint density at radius 1 is 0.957 bits per heavy atom. The first-order valence-electron chi connectivity index (χ1n) is 9.86. The van der Waals surface area contributed by atoms with Gasteiger partial charge in [-0.05, 0) is 0 Å². The average Bonchev–Trinajstić information content (AvgIpc) is 2.87. The zero-order chi connectivity index (χ0) is 17.2. The van der Waals surface area contributed by atoms with Crippen LogP contribution in [-0.2, 0) is 14.2 Å². The summed E-state index contributed by atoms with van der Waals surface area (Å²) in [6.07, 6.45) is 8.31. The summed E-state index contributed by atoms with van der Waals surface area (Å²) in [7, 11) is 0. The van der Waals surface area contributed by atoms with Gasteiger partial charge in [0.05, 0.1) is 0 Å². The predicted octanol–water partition coefficient (Wildman–Crippen LogP) is 5.54. The fraction of sp³-hybridized carbons (Fsp3) is 1.00. The summed E-state index contributed by atoms with van der Waals surface area (Å²) in [4.78, 5) is 0. The van der Waals surface area contributed by atoms with Crippen LogP contribution in [0.1, 0.15) is 73.1 Å². The number of ether oxygens (including phenoxy) is 3.